The predicted octanol–water partition coefficient (Wildman–Crippen LogP) is 2.20. The highest BCUT2D eigenvalue weighted by atomic mass is 19.1. The number of hydrogen-bond acceptors (Lipinski definition) is 2. The van der Waals surface area contributed by atoms with Crippen molar-refractivity contribution in [2.45, 2.75) is 37.4 Å². The summed E-state index contributed by atoms with van der Waals surface area (Å²) in [7, 11) is 0. The molecule has 2 nitrogen and oxygen atoms in total. The molecular weight excluding hydrogens is 222 g/mol. The number of likely N-dealkylation sites (tertiary alicyclic amines) is 1. The molecule has 0 bridgehead atoms. The molecule has 0 spiro atoms. The zero-order chi connectivity index (χ0) is 12.0. The van der Waals surface area contributed by atoms with Crippen LogP contribution in [0.25, 0.3) is 0 Å². The van der Waals surface area contributed by atoms with E-state index in [1.54, 1.807) is 0 Å². The van der Waals surface area contributed by atoms with Gasteiger partial charge in [0.15, 0.2) is 0 Å². The first-order valence-corrected chi connectivity index (χ1v) is 6.13. The summed E-state index contributed by atoms with van der Waals surface area (Å²) >= 11 is 0. The number of halogens is 2. The molecule has 0 amide bonds. The Balaban J connectivity index is 1.94. The minimum Gasteiger partial charge on any atom is -0.326 e. The average Bonchev–Trinajstić information content (AvgIpc) is 3.04. The first-order valence-electron chi connectivity index (χ1n) is 6.13. The largest absolute Gasteiger partial charge is 0.326 e. The van der Waals surface area contributed by atoms with Crippen LogP contribution < -0.4 is 5.73 Å². The van der Waals surface area contributed by atoms with Crippen LogP contribution in [0.5, 0.6) is 0 Å². The van der Waals surface area contributed by atoms with Crippen molar-refractivity contribution in [3.05, 3.63) is 35.4 Å². The van der Waals surface area contributed by atoms with Crippen molar-refractivity contribution in [1.82, 2.24) is 4.90 Å². The normalized spacial score (nSPS) is 29.8. The monoisotopic (exact) mass is 238 g/mol. The van der Waals surface area contributed by atoms with Gasteiger partial charge in [0.25, 0.3) is 0 Å². The highest BCUT2D eigenvalue weighted by molar-refractivity contribution is 5.25. The molecule has 17 heavy (non-hydrogen) atoms. The number of nitrogens with zero attached hydrogens (tertiary/aromatic N) is 1. The zero-order valence-corrected chi connectivity index (χ0v) is 9.57. The molecule has 3 rings (SSSR count). The molecule has 2 unspecified atom stereocenters. The van der Waals surface area contributed by atoms with Crippen molar-refractivity contribution < 1.29 is 8.78 Å². The highest BCUT2D eigenvalue weighted by Crippen LogP contribution is 2.40. The Kier molecular flexibility index (Phi) is 2.64. The topological polar surface area (TPSA) is 29.3 Å². The number of rotatable bonds is 2. The third-order valence-corrected chi connectivity index (χ3v) is 3.78. The van der Waals surface area contributed by atoms with Crippen molar-refractivity contribution in [2.75, 3.05) is 6.54 Å². The van der Waals surface area contributed by atoms with E-state index in [1.165, 1.54) is 25.0 Å². The maximum Gasteiger partial charge on any atom is 0.130 e. The second-order valence-electron chi connectivity index (χ2n) is 5.03. The fourth-order valence-corrected chi connectivity index (χ4v) is 2.81. The molecule has 1 aromatic carbocycles. The summed E-state index contributed by atoms with van der Waals surface area (Å²) in [6, 6.07) is 4.23. The van der Waals surface area contributed by atoms with Gasteiger partial charge in [0, 0.05) is 30.3 Å². The van der Waals surface area contributed by atoms with E-state index in [9.17, 15) is 8.78 Å². The lowest BCUT2D eigenvalue weighted by atomic mass is 10.00. The Morgan fingerprint density at radius 1 is 1.18 bits per heavy atom. The van der Waals surface area contributed by atoms with Crippen LogP contribution in [0.1, 0.15) is 30.9 Å². The van der Waals surface area contributed by atoms with Gasteiger partial charge in [-0.25, -0.2) is 8.78 Å². The van der Waals surface area contributed by atoms with E-state index < -0.39 is 11.6 Å². The summed E-state index contributed by atoms with van der Waals surface area (Å²) in [5.41, 5.74) is 6.62. The van der Waals surface area contributed by atoms with E-state index in [0.29, 0.717) is 11.6 Å². The summed E-state index contributed by atoms with van der Waals surface area (Å²) in [5, 5.41) is 0. The minimum atomic E-state index is -0.532. The summed E-state index contributed by atoms with van der Waals surface area (Å²) in [6.45, 7) is 0.924. The third-order valence-electron chi connectivity index (χ3n) is 3.78. The summed E-state index contributed by atoms with van der Waals surface area (Å²) in [5.74, 6) is -1.01. The standard InChI is InChI=1S/C13H16F2N2/c14-8-1-4-10(11(15)7-8)13-12(16)5-6-17(13)9-2-3-9/h1,4,7,9,12-13H,2-3,5-6,16H2. The Morgan fingerprint density at radius 2 is 1.94 bits per heavy atom. The predicted molar refractivity (Wildman–Crippen MR) is 61.4 cm³/mol. The van der Waals surface area contributed by atoms with E-state index in [-0.39, 0.29) is 12.1 Å². The second-order valence-corrected chi connectivity index (χ2v) is 5.03. The van der Waals surface area contributed by atoms with E-state index in [4.69, 9.17) is 5.73 Å². The van der Waals surface area contributed by atoms with Gasteiger partial charge in [0.2, 0.25) is 0 Å². The van der Waals surface area contributed by atoms with Crippen LogP contribution in [-0.4, -0.2) is 23.5 Å². The van der Waals surface area contributed by atoms with Gasteiger partial charge in [-0.2, -0.15) is 0 Å². The fourth-order valence-electron chi connectivity index (χ4n) is 2.81. The van der Waals surface area contributed by atoms with Crippen molar-refractivity contribution >= 4 is 0 Å². The lowest BCUT2D eigenvalue weighted by Gasteiger charge is -2.27. The zero-order valence-electron chi connectivity index (χ0n) is 9.57. The molecule has 4 heteroatoms. The molecule has 2 aliphatic rings. The molecule has 1 saturated heterocycles. The van der Waals surface area contributed by atoms with E-state index in [0.717, 1.165) is 19.0 Å². The summed E-state index contributed by atoms with van der Waals surface area (Å²) < 4.78 is 26.7. The van der Waals surface area contributed by atoms with Gasteiger partial charge in [-0.1, -0.05) is 6.07 Å². The van der Waals surface area contributed by atoms with Gasteiger partial charge in [-0.3, -0.25) is 4.90 Å². The maximum absolute atomic E-state index is 13.8. The highest BCUT2D eigenvalue weighted by Gasteiger charge is 2.42. The summed E-state index contributed by atoms with van der Waals surface area (Å²) in [6.07, 6.45) is 3.23. The van der Waals surface area contributed by atoms with E-state index >= 15 is 0 Å². The van der Waals surface area contributed by atoms with Crippen LogP contribution in [0.2, 0.25) is 0 Å². The molecule has 0 aromatic heterocycles. The first-order chi connectivity index (χ1) is 8.16. The second kappa shape index (κ2) is 4.03. The number of hydrogen-bond donors (Lipinski definition) is 1. The van der Waals surface area contributed by atoms with Gasteiger partial charge in [-0.15, -0.1) is 0 Å². The molecule has 1 aromatic rings. The molecule has 2 fully saturated rings. The minimum absolute atomic E-state index is 0.0458. The third kappa shape index (κ3) is 1.96. The van der Waals surface area contributed by atoms with Crippen LogP contribution in [0.15, 0.2) is 18.2 Å². The quantitative estimate of drug-likeness (QED) is 0.855. The van der Waals surface area contributed by atoms with Gasteiger partial charge >= 0.3 is 0 Å². The molecular formula is C13H16F2N2. The molecule has 1 aliphatic carbocycles. The lowest BCUT2D eigenvalue weighted by Crippen LogP contribution is -2.33. The van der Waals surface area contributed by atoms with Gasteiger partial charge in [0.05, 0.1) is 6.04 Å². The van der Waals surface area contributed by atoms with Crippen LogP contribution in [0.3, 0.4) is 0 Å². The van der Waals surface area contributed by atoms with Crippen LogP contribution in [0.4, 0.5) is 8.78 Å². The smallest absolute Gasteiger partial charge is 0.130 e. The van der Waals surface area contributed by atoms with Crippen molar-refractivity contribution in [3.63, 3.8) is 0 Å². The van der Waals surface area contributed by atoms with E-state index in [2.05, 4.69) is 4.90 Å². The molecule has 2 N–H and O–H groups in total. The van der Waals surface area contributed by atoms with Crippen LogP contribution >= 0.6 is 0 Å². The lowest BCUT2D eigenvalue weighted by molar-refractivity contribution is 0.232. The molecule has 2 atom stereocenters. The first kappa shape index (κ1) is 11.1. The molecule has 1 saturated carbocycles. The van der Waals surface area contributed by atoms with Crippen molar-refractivity contribution in [2.24, 2.45) is 5.73 Å². The van der Waals surface area contributed by atoms with Crippen LogP contribution in [0, 0.1) is 11.6 Å². The van der Waals surface area contributed by atoms with Gasteiger partial charge < -0.3 is 5.73 Å². The molecule has 0 radical (unpaired) electrons. The van der Waals surface area contributed by atoms with E-state index in [1.807, 2.05) is 0 Å². The number of benzene rings is 1. The van der Waals surface area contributed by atoms with Gasteiger partial charge in [-0.05, 0) is 25.3 Å². The van der Waals surface area contributed by atoms with Crippen LogP contribution in [-0.2, 0) is 0 Å². The summed E-state index contributed by atoms with van der Waals surface area (Å²) in [4.78, 5) is 2.28. The molecule has 92 valence electrons. The average molecular weight is 238 g/mol. The maximum atomic E-state index is 13.8. The fraction of sp³-hybridized carbons (Fsp3) is 0.538. The Labute approximate surface area is 99.4 Å². The van der Waals surface area contributed by atoms with Crippen molar-refractivity contribution in [3.8, 4) is 0 Å². The van der Waals surface area contributed by atoms with Gasteiger partial charge in [0.1, 0.15) is 11.6 Å². The SMILES string of the molecule is NC1CCN(C2CC2)C1c1ccc(F)cc1F. The Morgan fingerprint density at radius 3 is 2.59 bits per heavy atom. The van der Waals surface area contributed by atoms with Crippen molar-refractivity contribution in [1.29, 1.82) is 0 Å². The Hall–Kier alpha value is -1.00. The Bertz CT molecular complexity index is 431. The molecule has 1 heterocycles. The number of nitrogens with two attached hydrogens (primary N) is 1. The molecule has 1 aliphatic heterocycles.